The molecule has 0 aromatic heterocycles. The van der Waals surface area contributed by atoms with E-state index in [1.54, 1.807) is 0 Å². The van der Waals surface area contributed by atoms with Gasteiger partial charge >= 0.3 is 12.6 Å². The number of carboxylic acids is 1. The van der Waals surface area contributed by atoms with Crippen molar-refractivity contribution in [2.24, 2.45) is 0 Å². The summed E-state index contributed by atoms with van der Waals surface area (Å²) in [5, 5.41) is 17.6. The minimum absolute atomic E-state index is 0.162. The van der Waals surface area contributed by atoms with Gasteiger partial charge in [0, 0.05) is 5.56 Å². The highest BCUT2D eigenvalue weighted by molar-refractivity contribution is 5.90. The molecule has 0 fully saturated rings. The molecular formula is C9H8F2O4. The van der Waals surface area contributed by atoms with Crippen molar-refractivity contribution in [2.75, 3.05) is 0 Å². The number of aliphatic hydroxyl groups is 1. The Labute approximate surface area is 83.7 Å². The van der Waals surface area contributed by atoms with Gasteiger partial charge in [-0.15, -0.1) is 0 Å². The molecule has 6 heteroatoms. The van der Waals surface area contributed by atoms with Crippen LogP contribution in [0.1, 0.15) is 15.9 Å². The van der Waals surface area contributed by atoms with Gasteiger partial charge in [0.05, 0.1) is 12.2 Å². The van der Waals surface area contributed by atoms with E-state index in [-0.39, 0.29) is 16.9 Å². The molecule has 0 amide bonds. The maximum atomic E-state index is 11.9. The molecule has 1 rings (SSSR count). The van der Waals surface area contributed by atoms with Crippen LogP contribution < -0.4 is 4.74 Å². The molecule has 4 nitrogen and oxygen atoms in total. The lowest BCUT2D eigenvalue weighted by Gasteiger charge is -2.10. The Morgan fingerprint density at radius 2 is 2.13 bits per heavy atom. The average molecular weight is 218 g/mol. The summed E-state index contributed by atoms with van der Waals surface area (Å²) in [4.78, 5) is 10.7. The van der Waals surface area contributed by atoms with Crippen molar-refractivity contribution in [2.45, 2.75) is 13.2 Å². The normalized spacial score (nSPS) is 10.4. The van der Waals surface area contributed by atoms with Gasteiger partial charge in [0.1, 0.15) is 5.75 Å². The monoisotopic (exact) mass is 218 g/mol. The number of carboxylic acid groups (broad SMARTS) is 1. The SMILES string of the molecule is O=C(O)c1cccc(OC(F)F)c1CO. The van der Waals surface area contributed by atoms with E-state index < -0.39 is 19.2 Å². The summed E-state index contributed by atoms with van der Waals surface area (Å²) >= 11 is 0. The van der Waals surface area contributed by atoms with Crippen LogP contribution >= 0.6 is 0 Å². The first kappa shape index (κ1) is 11.4. The van der Waals surface area contributed by atoms with Gasteiger partial charge in [-0.05, 0) is 12.1 Å². The molecule has 15 heavy (non-hydrogen) atoms. The third-order valence-electron chi connectivity index (χ3n) is 1.74. The van der Waals surface area contributed by atoms with Crippen LogP contribution in [0.5, 0.6) is 5.75 Å². The quantitative estimate of drug-likeness (QED) is 0.803. The average Bonchev–Trinajstić information content (AvgIpc) is 2.16. The minimum Gasteiger partial charge on any atom is -0.478 e. The predicted molar refractivity (Wildman–Crippen MR) is 46.0 cm³/mol. The van der Waals surface area contributed by atoms with Crippen LogP contribution in [0, 0.1) is 0 Å². The molecule has 0 bridgehead atoms. The highest BCUT2D eigenvalue weighted by Gasteiger charge is 2.16. The summed E-state index contributed by atoms with van der Waals surface area (Å²) in [6, 6.07) is 3.64. The number of benzene rings is 1. The lowest BCUT2D eigenvalue weighted by molar-refractivity contribution is -0.0510. The Morgan fingerprint density at radius 1 is 1.47 bits per heavy atom. The number of aromatic carboxylic acids is 1. The van der Waals surface area contributed by atoms with Crippen LogP contribution in [0.4, 0.5) is 8.78 Å². The number of aliphatic hydroxyl groups excluding tert-OH is 1. The second-order valence-electron chi connectivity index (χ2n) is 2.62. The molecule has 0 saturated carbocycles. The smallest absolute Gasteiger partial charge is 0.387 e. The van der Waals surface area contributed by atoms with Crippen LogP contribution in [0.2, 0.25) is 0 Å². The zero-order valence-corrected chi connectivity index (χ0v) is 7.48. The predicted octanol–water partition coefficient (Wildman–Crippen LogP) is 1.48. The Morgan fingerprint density at radius 3 is 2.60 bits per heavy atom. The number of alkyl halides is 2. The Balaban J connectivity index is 3.16. The third-order valence-corrected chi connectivity index (χ3v) is 1.74. The first-order chi connectivity index (χ1) is 7.06. The number of hydrogen-bond acceptors (Lipinski definition) is 3. The van der Waals surface area contributed by atoms with Crippen molar-refractivity contribution >= 4 is 5.97 Å². The van der Waals surface area contributed by atoms with Crippen molar-refractivity contribution in [3.8, 4) is 5.75 Å². The summed E-state index contributed by atoms with van der Waals surface area (Å²) in [5.74, 6) is -1.63. The maximum Gasteiger partial charge on any atom is 0.387 e. The number of rotatable bonds is 4. The van der Waals surface area contributed by atoms with Crippen LogP contribution in [0.25, 0.3) is 0 Å². The standard InChI is InChI=1S/C9H8F2O4/c10-9(11)15-7-3-1-2-5(8(13)14)6(7)4-12/h1-3,9,12H,4H2,(H,13,14). The largest absolute Gasteiger partial charge is 0.478 e. The van der Waals surface area contributed by atoms with Gasteiger partial charge in [0.2, 0.25) is 0 Å². The van der Waals surface area contributed by atoms with E-state index in [0.717, 1.165) is 0 Å². The van der Waals surface area contributed by atoms with Crippen LogP contribution in [0.15, 0.2) is 18.2 Å². The zero-order chi connectivity index (χ0) is 11.4. The van der Waals surface area contributed by atoms with E-state index in [0.29, 0.717) is 0 Å². The van der Waals surface area contributed by atoms with Crippen LogP contribution in [-0.2, 0) is 6.61 Å². The fourth-order valence-electron chi connectivity index (χ4n) is 1.14. The molecule has 2 N–H and O–H groups in total. The van der Waals surface area contributed by atoms with Crippen molar-refractivity contribution < 1.29 is 28.5 Å². The molecule has 0 aliphatic heterocycles. The molecule has 1 aromatic carbocycles. The highest BCUT2D eigenvalue weighted by atomic mass is 19.3. The molecule has 0 radical (unpaired) electrons. The summed E-state index contributed by atoms with van der Waals surface area (Å²) < 4.78 is 27.9. The van der Waals surface area contributed by atoms with Gasteiger partial charge in [-0.2, -0.15) is 8.78 Å². The van der Waals surface area contributed by atoms with Crippen LogP contribution in [0.3, 0.4) is 0 Å². The molecule has 0 unspecified atom stereocenters. The lowest BCUT2D eigenvalue weighted by Crippen LogP contribution is -2.09. The number of halogens is 2. The van der Waals surface area contributed by atoms with Gasteiger partial charge in [-0.3, -0.25) is 0 Å². The summed E-state index contributed by atoms with van der Waals surface area (Å²) in [5.41, 5.74) is -0.416. The fourth-order valence-corrected chi connectivity index (χ4v) is 1.14. The van der Waals surface area contributed by atoms with Crippen molar-refractivity contribution in [3.05, 3.63) is 29.3 Å². The molecule has 1 aromatic rings. The van der Waals surface area contributed by atoms with Gasteiger partial charge in [0.15, 0.2) is 0 Å². The van der Waals surface area contributed by atoms with Gasteiger partial charge in [-0.1, -0.05) is 6.07 Å². The second kappa shape index (κ2) is 4.70. The maximum absolute atomic E-state index is 11.9. The molecule has 0 spiro atoms. The molecule has 0 heterocycles. The van der Waals surface area contributed by atoms with Gasteiger partial charge in [0.25, 0.3) is 0 Å². The topological polar surface area (TPSA) is 66.8 Å². The Bertz CT molecular complexity index is 365. The summed E-state index contributed by atoms with van der Waals surface area (Å²) in [6.45, 7) is -3.73. The third kappa shape index (κ3) is 2.63. The van der Waals surface area contributed by atoms with Crippen molar-refractivity contribution in [1.29, 1.82) is 0 Å². The number of carbonyl (C=O) groups is 1. The van der Waals surface area contributed by atoms with Gasteiger partial charge in [-0.25, -0.2) is 4.79 Å². The molecule has 82 valence electrons. The number of ether oxygens (including phenoxy) is 1. The van der Waals surface area contributed by atoms with E-state index in [2.05, 4.69) is 4.74 Å². The number of hydrogen-bond donors (Lipinski definition) is 2. The van der Waals surface area contributed by atoms with E-state index in [1.807, 2.05) is 0 Å². The first-order valence-corrected chi connectivity index (χ1v) is 3.97. The molecular weight excluding hydrogens is 210 g/mol. The Kier molecular flexibility index (Phi) is 3.56. The second-order valence-corrected chi connectivity index (χ2v) is 2.62. The molecule has 0 aliphatic rings. The molecule has 0 atom stereocenters. The highest BCUT2D eigenvalue weighted by Crippen LogP contribution is 2.24. The molecule has 0 saturated heterocycles. The van der Waals surface area contributed by atoms with Crippen LogP contribution in [-0.4, -0.2) is 22.8 Å². The van der Waals surface area contributed by atoms with Crippen molar-refractivity contribution in [1.82, 2.24) is 0 Å². The van der Waals surface area contributed by atoms with E-state index in [4.69, 9.17) is 10.2 Å². The van der Waals surface area contributed by atoms with E-state index in [9.17, 15) is 13.6 Å². The first-order valence-electron chi connectivity index (χ1n) is 3.97. The minimum atomic E-state index is -3.06. The zero-order valence-electron chi connectivity index (χ0n) is 7.48. The summed E-state index contributed by atoms with van der Waals surface area (Å²) in [7, 11) is 0. The fraction of sp³-hybridized carbons (Fsp3) is 0.222. The van der Waals surface area contributed by atoms with Gasteiger partial charge < -0.3 is 14.9 Å². The van der Waals surface area contributed by atoms with Crippen molar-refractivity contribution in [3.63, 3.8) is 0 Å². The summed E-state index contributed by atoms with van der Waals surface area (Å²) in [6.07, 6.45) is 0. The lowest BCUT2D eigenvalue weighted by atomic mass is 10.1. The van der Waals surface area contributed by atoms with E-state index >= 15 is 0 Å². The Hall–Kier alpha value is -1.69. The molecule has 0 aliphatic carbocycles. The van der Waals surface area contributed by atoms with E-state index in [1.165, 1.54) is 18.2 Å².